The molecule has 5 rings (SSSR count). The van der Waals surface area contributed by atoms with Crippen LogP contribution in [0.2, 0.25) is 0 Å². The van der Waals surface area contributed by atoms with Crippen LogP contribution >= 0.6 is 0 Å². The minimum atomic E-state index is -0.142. The number of hydrogen-bond acceptors (Lipinski definition) is 7. The summed E-state index contributed by atoms with van der Waals surface area (Å²) in [5.74, 6) is 2.26. The Hall–Kier alpha value is -3.75. The topological polar surface area (TPSA) is 115 Å². The molecule has 3 heterocycles. The number of carbonyl (C=O) groups excluding carboxylic acids is 1. The molecule has 1 aliphatic rings. The van der Waals surface area contributed by atoms with Gasteiger partial charge < -0.3 is 0 Å². The third kappa shape index (κ3) is 5.10. The van der Waals surface area contributed by atoms with Gasteiger partial charge in [0.2, 0.25) is 17.4 Å². The number of ketones is 1. The predicted molar refractivity (Wildman–Crippen MR) is 136 cm³/mol. The van der Waals surface area contributed by atoms with Crippen molar-refractivity contribution in [2.75, 3.05) is 0 Å². The zero-order valence-electron chi connectivity index (χ0n) is 20.9. The number of aromatic amines is 1. The first-order valence-electron chi connectivity index (χ1n) is 12.9. The van der Waals surface area contributed by atoms with Gasteiger partial charge >= 0.3 is 0 Å². The second-order valence-electron chi connectivity index (χ2n) is 9.61. The normalized spacial score (nSPS) is 15.2. The summed E-state index contributed by atoms with van der Waals surface area (Å²) in [5.41, 5.74) is 3.69. The van der Waals surface area contributed by atoms with E-state index >= 15 is 0 Å². The van der Waals surface area contributed by atoms with Crippen LogP contribution in [-0.2, 0) is 6.42 Å². The molecule has 0 spiro atoms. The molecule has 186 valence electrons. The lowest BCUT2D eigenvalue weighted by molar-refractivity contribution is 0.0939. The smallest absolute Gasteiger partial charge is 0.217 e. The number of tetrazole rings is 1. The van der Waals surface area contributed by atoms with E-state index in [-0.39, 0.29) is 11.8 Å². The zero-order chi connectivity index (χ0) is 24.9. The van der Waals surface area contributed by atoms with E-state index < -0.39 is 0 Å². The highest BCUT2D eigenvalue weighted by atomic mass is 16.1. The van der Waals surface area contributed by atoms with E-state index in [9.17, 15) is 4.79 Å². The number of H-pyrrole nitrogens is 1. The van der Waals surface area contributed by atoms with Crippen molar-refractivity contribution in [2.24, 2.45) is 5.92 Å². The number of carbonyl (C=O) groups is 1. The summed E-state index contributed by atoms with van der Waals surface area (Å²) in [5, 5.41) is 19.1. The van der Waals surface area contributed by atoms with E-state index in [0.29, 0.717) is 24.0 Å². The Bertz CT molecular complexity index is 1290. The molecule has 1 N–H and O–H groups in total. The van der Waals surface area contributed by atoms with Crippen LogP contribution in [0.4, 0.5) is 0 Å². The van der Waals surface area contributed by atoms with Crippen molar-refractivity contribution in [3.8, 4) is 22.5 Å². The summed E-state index contributed by atoms with van der Waals surface area (Å²) in [6.45, 7) is 4.17. The number of hydrogen-bond donors (Lipinski definition) is 1. The number of nitrogens with one attached hydrogen (secondary N) is 1. The monoisotopic (exact) mass is 484 g/mol. The predicted octanol–water partition coefficient (Wildman–Crippen LogP) is 5.24. The molecule has 36 heavy (non-hydrogen) atoms. The van der Waals surface area contributed by atoms with E-state index in [4.69, 9.17) is 4.98 Å². The number of rotatable bonds is 9. The molecule has 0 aliphatic heterocycles. The molecule has 4 aromatic rings. The number of benzene rings is 1. The van der Waals surface area contributed by atoms with Gasteiger partial charge in [0.1, 0.15) is 5.82 Å². The van der Waals surface area contributed by atoms with Gasteiger partial charge in [0, 0.05) is 30.2 Å². The summed E-state index contributed by atoms with van der Waals surface area (Å²) in [7, 11) is 0. The van der Waals surface area contributed by atoms with Gasteiger partial charge in [-0.25, -0.2) is 9.67 Å². The van der Waals surface area contributed by atoms with Crippen LogP contribution in [0.25, 0.3) is 22.5 Å². The highest BCUT2D eigenvalue weighted by molar-refractivity contribution is 5.92. The van der Waals surface area contributed by atoms with Crippen LogP contribution in [0.15, 0.2) is 42.6 Å². The van der Waals surface area contributed by atoms with Crippen LogP contribution in [0.3, 0.4) is 0 Å². The first-order chi connectivity index (χ1) is 17.6. The molecular formula is C27H32N8O. The maximum Gasteiger partial charge on any atom is 0.217 e. The molecule has 1 unspecified atom stereocenters. The van der Waals surface area contributed by atoms with Crippen molar-refractivity contribution >= 4 is 5.78 Å². The second-order valence-corrected chi connectivity index (χ2v) is 9.61. The van der Waals surface area contributed by atoms with Gasteiger partial charge in [0.25, 0.3) is 0 Å². The van der Waals surface area contributed by atoms with Gasteiger partial charge in [-0.2, -0.15) is 5.21 Å². The van der Waals surface area contributed by atoms with E-state index in [0.717, 1.165) is 53.9 Å². The largest absolute Gasteiger partial charge is 0.291 e. The van der Waals surface area contributed by atoms with Crippen LogP contribution in [0, 0.1) is 5.92 Å². The van der Waals surface area contributed by atoms with E-state index in [2.05, 4.69) is 44.6 Å². The highest BCUT2D eigenvalue weighted by Gasteiger charge is 2.24. The maximum absolute atomic E-state index is 13.0. The summed E-state index contributed by atoms with van der Waals surface area (Å²) in [6.07, 6.45) is 10.1. The van der Waals surface area contributed by atoms with Crippen molar-refractivity contribution in [3.63, 3.8) is 0 Å². The minimum Gasteiger partial charge on any atom is -0.291 e. The van der Waals surface area contributed by atoms with Crippen LogP contribution in [0.5, 0.6) is 0 Å². The second kappa shape index (κ2) is 10.9. The first kappa shape index (κ1) is 24.0. The van der Waals surface area contributed by atoms with Gasteiger partial charge in [0.05, 0.1) is 11.7 Å². The lowest BCUT2D eigenvalue weighted by atomic mass is 9.86. The molecule has 1 aliphatic carbocycles. The number of nitrogens with zero attached hydrogens (tertiary/aromatic N) is 7. The van der Waals surface area contributed by atoms with Crippen molar-refractivity contribution in [1.82, 2.24) is 40.4 Å². The average molecular weight is 485 g/mol. The molecule has 1 fully saturated rings. The van der Waals surface area contributed by atoms with Gasteiger partial charge in [-0.1, -0.05) is 69.4 Å². The highest BCUT2D eigenvalue weighted by Crippen LogP contribution is 2.30. The van der Waals surface area contributed by atoms with Crippen molar-refractivity contribution in [2.45, 2.75) is 71.3 Å². The SMILES string of the molecule is CCCc1nc(C(=O)CC2CCCCC2)nn1C(C)c1ccc(-c2ccccc2-c2nn[nH]n2)cn1. The van der Waals surface area contributed by atoms with Gasteiger partial charge in [-0.15, -0.1) is 15.3 Å². The van der Waals surface area contributed by atoms with Crippen LogP contribution < -0.4 is 0 Å². The number of pyridine rings is 1. The summed E-state index contributed by atoms with van der Waals surface area (Å²) in [4.78, 5) is 22.4. The van der Waals surface area contributed by atoms with E-state index in [1.54, 1.807) is 0 Å². The maximum atomic E-state index is 13.0. The molecule has 0 bridgehead atoms. The van der Waals surface area contributed by atoms with Crippen molar-refractivity contribution < 1.29 is 4.79 Å². The fraction of sp³-hybridized carbons (Fsp3) is 0.444. The molecule has 0 saturated heterocycles. The van der Waals surface area contributed by atoms with Gasteiger partial charge in [0.15, 0.2) is 0 Å². The molecule has 0 amide bonds. The number of aromatic nitrogens is 8. The van der Waals surface area contributed by atoms with Gasteiger partial charge in [-0.3, -0.25) is 9.78 Å². The Morgan fingerprint density at radius 2 is 1.92 bits per heavy atom. The van der Waals surface area contributed by atoms with Gasteiger partial charge in [-0.05, 0) is 36.1 Å². The Labute approximate surface area is 210 Å². The molecular weight excluding hydrogens is 452 g/mol. The standard InChI is InChI=1S/C27H32N8O/c1-3-9-25-29-27(24(36)16-19-10-5-4-6-11-19)32-35(25)18(2)23-15-14-20(17-28-23)21-12-7-8-13-22(21)26-30-33-34-31-26/h7-8,12-15,17-19H,3-6,9-11,16H2,1-2H3,(H,30,31,33,34). The summed E-state index contributed by atoms with van der Waals surface area (Å²) < 4.78 is 1.88. The molecule has 1 saturated carbocycles. The van der Waals surface area contributed by atoms with E-state index in [1.807, 2.05) is 47.3 Å². The summed E-state index contributed by atoms with van der Waals surface area (Å²) >= 11 is 0. The third-order valence-corrected chi connectivity index (χ3v) is 7.03. The molecule has 0 radical (unpaired) electrons. The molecule has 3 aromatic heterocycles. The van der Waals surface area contributed by atoms with Crippen LogP contribution in [-0.4, -0.2) is 46.2 Å². The van der Waals surface area contributed by atoms with E-state index in [1.165, 1.54) is 19.3 Å². The van der Waals surface area contributed by atoms with Crippen molar-refractivity contribution in [1.29, 1.82) is 0 Å². The minimum absolute atomic E-state index is 0.0617. The first-order valence-corrected chi connectivity index (χ1v) is 12.9. The zero-order valence-corrected chi connectivity index (χ0v) is 20.9. The Morgan fingerprint density at radius 3 is 2.61 bits per heavy atom. The molecule has 9 heteroatoms. The summed E-state index contributed by atoms with van der Waals surface area (Å²) in [6, 6.07) is 11.8. The molecule has 1 atom stereocenters. The third-order valence-electron chi connectivity index (χ3n) is 7.03. The Kier molecular flexibility index (Phi) is 7.25. The molecule has 1 aromatic carbocycles. The Morgan fingerprint density at radius 1 is 1.11 bits per heavy atom. The number of aryl methyl sites for hydroxylation is 1. The average Bonchev–Trinajstić information content (AvgIpc) is 3.60. The fourth-order valence-electron chi connectivity index (χ4n) is 5.07. The lowest BCUT2D eigenvalue weighted by Gasteiger charge is -2.19. The van der Waals surface area contributed by atoms with Crippen molar-refractivity contribution in [3.05, 3.63) is 59.9 Å². The Balaban J connectivity index is 1.38. The van der Waals surface area contributed by atoms with Crippen LogP contribution in [0.1, 0.15) is 87.0 Å². The fourth-order valence-corrected chi connectivity index (χ4v) is 5.07. The lowest BCUT2D eigenvalue weighted by Crippen LogP contribution is -2.15. The quantitative estimate of drug-likeness (QED) is 0.323. The number of Topliss-reactive ketones (excluding diaryl/α,β-unsaturated/α-hetero) is 1. The molecule has 9 nitrogen and oxygen atoms in total.